The van der Waals surface area contributed by atoms with Crippen LogP contribution in [0, 0.1) is 17.8 Å². The number of rotatable bonds is 3. The van der Waals surface area contributed by atoms with Crippen LogP contribution >= 0.6 is 11.3 Å². The Balaban J connectivity index is 1.30. The molecule has 1 N–H and O–H groups in total. The Kier molecular flexibility index (Phi) is 3.55. The quantitative estimate of drug-likeness (QED) is 0.743. The van der Waals surface area contributed by atoms with Crippen LogP contribution in [0.1, 0.15) is 25.7 Å². The van der Waals surface area contributed by atoms with Gasteiger partial charge in [0.15, 0.2) is 0 Å². The number of amides is 1. The smallest absolute Gasteiger partial charge is 0.228 e. The van der Waals surface area contributed by atoms with Gasteiger partial charge >= 0.3 is 0 Å². The van der Waals surface area contributed by atoms with Crippen molar-refractivity contribution in [3.8, 4) is 10.6 Å². The minimum Gasteiger partial charge on any atom is -0.310 e. The van der Waals surface area contributed by atoms with E-state index in [0.717, 1.165) is 40.8 Å². The third kappa shape index (κ3) is 2.93. The minimum absolute atomic E-state index is 0.130. The van der Waals surface area contributed by atoms with Gasteiger partial charge < -0.3 is 5.32 Å². The topological polar surface area (TPSA) is 54.9 Å². The van der Waals surface area contributed by atoms with Crippen molar-refractivity contribution in [2.75, 3.05) is 5.32 Å². The van der Waals surface area contributed by atoms with E-state index in [9.17, 15) is 4.79 Å². The molecule has 0 spiro atoms. The van der Waals surface area contributed by atoms with E-state index in [1.54, 1.807) is 17.5 Å². The van der Waals surface area contributed by atoms with Gasteiger partial charge in [-0.15, -0.1) is 11.3 Å². The number of hydrogen-bond acceptors (Lipinski definition) is 4. The standard InChI is InChI=1S/C20H19N3OS/c24-19(13-6-5-12-9-15(12)10-13)23-18-8-7-14(11-21-18)20-22-16-3-1-2-4-17(16)25-20/h1-4,7-8,11-13,15H,5-6,9-10H2,(H,21,23,24). The molecule has 4 nitrogen and oxygen atoms in total. The lowest BCUT2D eigenvalue weighted by atomic mass is 9.89. The molecule has 3 atom stereocenters. The summed E-state index contributed by atoms with van der Waals surface area (Å²) in [6.45, 7) is 0. The first-order chi connectivity index (χ1) is 12.3. The molecule has 2 aromatic heterocycles. The molecule has 0 radical (unpaired) electrons. The molecule has 0 saturated heterocycles. The fraction of sp³-hybridized carbons (Fsp3) is 0.350. The number of carbonyl (C=O) groups excluding carboxylic acids is 1. The van der Waals surface area contributed by atoms with Gasteiger partial charge in [0.05, 0.1) is 10.2 Å². The maximum absolute atomic E-state index is 12.4. The second-order valence-corrected chi connectivity index (χ2v) is 8.20. The Labute approximate surface area is 150 Å². The number of aromatic nitrogens is 2. The van der Waals surface area contributed by atoms with Crippen molar-refractivity contribution in [1.82, 2.24) is 9.97 Å². The monoisotopic (exact) mass is 349 g/mol. The average Bonchev–Trinajstić information content (AvgIpc) is 3.30. The predicted molar refractivity (Wildman–Crippen MR) is 100 cm³/mol. The van der Waals surface area contributed by atoms with Crippen LogP contribution in [0.2, 0.25) is 0 Å². The van der Waals surface area contributed by atoms with E-state index in [4.69, 9.17) is 0 Å². The molecule has 2 saturated carbocycles. The maximum atomic E-state index is 12.4. The number of para-hydroxylation sites is 1. The second kappa shape index (κ2) is 5.92. The predicted octanol–water partition coefficient (Wildman–Crippen LogP) is 4.73. The fourth-order valence-corrected chi connectivity index (χ4v) is 4.86. The van der Waals surface area contributed by atoms with E-state index in [0.29, 0.717) is 5.82 Å². The van der Waals surface area contributed by atoms with Crippen LogP contribution in [0.4, 0.5) is 5.82 Å². The summed E-state index contributed by atoms with van der Waals surface area (Å²) in [4.78, 5) is 21.5. The molecule has 3 unspecified atom stereocenters. The molecule has 2 aliphatic rings. The summed E-state index contributed by atoms with van der Waals surface area (Å²) in [6, 6.07) is 12.0. The van der Waals surface area contributed by atoms with Gasteiger partial charge in [0.1, 0.15) is 10.8 Å². The first-order valence-corrected chi connectivity index (χ1v) is 9.71. The van der Waals surface area contributed by atoms with Crippen LogP contribution in [0.5, 0.6) is 0 Å². The number of benzene rings is 1. The summed E-state index contributed by atoms with van der Waals surface area (Å²) in [6.07, 6.45) is 6.42. The Bertz CT molecular complexity index is 901. The molecule has 3 aromatic rings. The lowest BCUT2D eigenvalue weighted by Crippen LogP contribution is -2.25. The first kappa shape index (κ1) is 15.0. The molecule has 0 aliphatic heterocycles. The molecular weight excluding hydrogens is 330 g/mol. The van der Waals surface area contributed by atoms with Crippen LogP contribution < -0.4 is 5.32 Å². The van der Waals surface area contributed by atoms with Crippen molar-refractivity contribution in [3.63, 3.8) is 0 Å². The highest BCUT2D eigenvalue weighted by molar-refractivity contribution is 7.21. The molecule has 1 amide bonds. The molecule has 2 heterocycles. The number of hydrogen-bond donors (Lipinski definition) is 1. The molecule has 126 valence electrons. The van der Waals surface area contributed by atoms with Crippen LogP contribution in [0.25, 0.3) is 20.8 Å². The van der Waals surface area contributed by atoms with Crippen molar-refractivity contribution in [2.45, 2.75) is 25.7 Å². The Morgan fingerprint density at radius 3 is 2.80 bits per heavy atom. The molecular formula is C20H19N3OS. The summed E-state index contributed by atoms with van der Waals surface area (Å²) < 4.78 is 1.17. The van der Waals surface area contributed by atoms with Gasteiger partial charge in [-0.1, -0.05) is 12.1 Å². The zero-order valence-electron chi connectivity index (χ0n) is 13.8. The highest BCUT2D eigenvalue weighted by Gasteiger charge is 2.43. The zero-order chi connectivity index (χ0) is 16.8. The van der Waals surface area contributed by atoms with Crippen LogP contribution in [-0.2, 0) is 4.79 Å². The normalized spacial score (nSPS) is 24.7. The van der Waals surface area contributed by atoms with Gasteiger partial charge in [0.2, 0.25) is 5.91 Å². The van der Waals surface area contributed by atoms with E-state index in [1.165, 1.54) is 17.5 Å². The highest BCUT2D eigenvalue weighted by Crippen LogP contribution is 2.51. The summed E-state index contributed by atoms with van der Waals surface area (Å²) in [5.41, 5.74) is 1.99. The van der Waals surface area contributed by atoms with Gasteiger partial charge in [-0.2, -0.15) is 0 Å². The third-order valence-corrected chi connectivity index (χ3v) is 6.55. The van der Waals surface area contributed by atoms with Crippen LogP contribution in [0.3, 0.4) is 0 Å². The molecule has 2 fully saturated rings. The number of thiazole rings is 1. The molecule has 1 aromatic carbocycles. The third-order valence-electron chi connectivity index (χ3n) is 5.47. The number of nitrogens with zero attached hydrogens (tertiary/aromatic N) is 2. The first-order valence-electron chi connectivity index (χ1n) is 8.89. The summed E-state index contributed by atoms with van der Waals surface area (Å²) in [7, 11) is 0. The highest BCUT2D eigenvalue weighted by atomic mass is 32.1. The lowest BCUT2D eigenvalue weighted by Gasteiger charge is -2.20. The van der Waals surface area contributed by atoms with E-state index in [-0.39, 0.29) is 11.8 Å². The van der Waals surface area contributed by atoms with Gasteiger partial charge in [-0.25, -0.2) is 9.97 Å². The van der Waals surface area contributed by atoms with E-state index >= 15 is 0 Å². The molecule has 25 heavy (non-hydrogen) atoms. The SMILES string of the molecule is O=C(Nc1ccc(-c2nc3ccccc3s2)cn1)C1CCC2CC2C1. The maximum Gasteiger partial charge on any atom is 0.228 e. The number of anilines is 1. The summed E-state index contributed by atoms with van der Waals surface area (Å²) in [5, 5.41) is 3.95. The van der Waals surface area contributed by atoms with Crippen molar-refractivity contribution < 1.29 is 4.79 Å². The van der Waals surface area contributed by atoms with Crippen molar-refractivity contribution in [1.29, 1.82) is 0 Å². The van der Waals surface area contributed by atoms with Crippen LogP contribution in [0.15, 0.2) is 42.6 Å². The number of nitrogens with one attached hydrogen (secondary N) is 1. The van der Waals surface area contributed by atoms with Gasteiger partial charge in [0, 0.05) is 17.7 Å². The van der Waals surface area contributed by atoms with Gasteiger partial charge in [0.25, 0.3) is 0 Å². The van der Waals surface area contributed by atoms with E-state index in [1.807, 2.05) is 30.3 Å². The Hall–Kier alpha value is -2.27. The van der Waals surface area contributed by atoms with Crippen molar-refractivity contribution in [2.24, 2.45) is 17.8 Å². The largest absolute Gasteiger partial charge is 0.310 e. The number of carbonyl (C=O) groups is 1. The number of fused-ring (bicyclic) bond motifs is 2. The van der Waals surface area contributed by atoms with Crippen molar-refractivity contribution >= 4 is 33.3 Å². The molecule has 0 bridgehead atoms. The zero-order valence-corrected chi connectivity index (χ0v) is 14.6. The minimum atomic E-state index is 0.130. The molecule has 2 aliphatic carbocycles. The second-order valence-electron chi connectivity index (χ2n) is 7.17. The summed E-state index contributed by atoms with van der Waals surface area (Å²) >= 11 is 1.66. The fourth-order valence-electron chi connectivity index (χ4n) is 3.91. The van der Waals surface area contributed by atoms with Crippen molar-refractivity contribution in [3.05, 3.63) is 42.6 Å². The Morgan fingerprint density at radius 1 is 1.08 bits per heavy atom. The summed E-state index contributed by atoms with van der Waals surface area (Å²) in [5.74, 6) is 2.64. The van der Waals surface area contributed by atoms with E-state index in [2.05, 4.69) is 21.4 Å². The lowest BCUT2D eigenvalue weighted by molar-refractivity contribution is -0.120. The average molecular weight is 349 g/mol. The Morgan fingerprint density at radius 2 is 2.00 bits per heavy atom. The molecule has 5 heteroatoms. The van der Waals surface area contributed by atoms with Gasteiger partial charge in [-0.05, 0) is 61.8 Å². The van der Waals surface area contributed by atoms with Crippen LogP contribution in [-0.4, -0.2) is 15.9 Å². The van der Waals surface area contributed by atoms with Gasteiger partial charge in [-0.3, -0.25) is 4.79 Å². The van der Waals surface area contributed by atoms with E-state index < -0.39 is 0 Å². The molecule has 5 rings (SSSR count). The number of pyridine rings is 1.